The van der Waals surface area contributed by atoms with Crippen molar-refractivity contribution >= 4 is 33.4 Å². The molecule has 0 radical (unpaired) electrons. The number of carbonyl (C=O) groups excluding carboxylic acids is 2. The Hall–Kier alpha value is -4.50. The summed E-state index contributed by atoms with van der Waals surface area (Å²) in [6, 6.07) is 37.7. The predicted molar refractivity (Wildman–Crippen MR) is 179 cm³/mol. The van der Waals surface area contributed by atoms with Gasteiger partial charge in [-0.1, -0.05) is 42.5 Å². The molecule has 47 heavy (non-hydrogen) atoms. The number of pyridine rings is 2. The van der Waals surface area contributed by atoms with Gasteiger partial charge in [-0.25, -0.2) is 0 Å². The number of hydrogen-bond donors (Lipinski definition) is 2. The minimum Gasteiger partial charge on any atom is -0.512 e. The van der Waals surface area contributed by atoms with Gasteiger partial charge in [0.2, 0.25) is 0 Å². The third-order valence-corrected chi connectivity index (χ3v) is 6.35. The van der Waals surface area contributed by atoms with Crippen LogP contribution in [0.4, 0.5) is 0 Å². The average molecular weight is 809 g/mol. The Morgan fingerprint density at radius 1 is 0.638 bits per heavy atom. The molecule has 9 heteroatoms. The van der Waals surface area contributed by atoms with E-state index in [1.54, 1.807) is 0 Å². The van der Waals surface area contributed by atoms with E-state index in [1.165, 1.54) is 39.8 Å². The SMILES string of the molecule is CC(=O)/C=C(/C)O.CC(=O)/C=C(/C)O.[Pd].[Pd].[c-]1cc2c3c[c-]c(-c4ccccn4)cc3n(-c3ccccc3)c2cc1-c1ccccn1. The van der Waals surface area contributed by atoms with E-state index >= 15 is 0 Å². The largest absolute Gasteiger partial charge is 0.512 e. The van der Waals surface area contributed by atoms with Gasteiger partial charge >= 0.3 is 0 Å². The fourth-order valence-electron chi connectivity index (χ4n) is 4.67. The van der Waals surface area contributed by atoms with E-state index in [1.807, 2.05) is 54.9 Å². The first-order valence-corrected chi connectivity index (χ1v) is 14.2. The Kier molecular flexibility index (Phi) is 15.3. The second-order valence-electron chi connectivity index (χ2n) is 10.2. The molecule has 0 bridgehead atoms. The zero-order valence-corrected chi connectivity index (χ0v) is 29.3. The van der Waals surface area contributed by atoms with E-state index < -0.39 is 0 Å². The number of carbonyl (C=O) groups is 2. The van der Waals surface area contributed by atoms with Crippen molar-refractivity contribution < 1.29 is 60.6 Å². The Balaban J connectivity index is 0.000000408. The summed E-state index contributed by atoms with van der Waals surface area (Å²) in [6.45, 7) is 5.70. The fraction of sp³-hybridized carbons (Fsp3) is 0.105. The topological polar surface area (TPSA) is 105 Å². The van der Waals surface area contributed by atoms with Crippen LogP contribution in [-0.2, 0) is 50.4 Å². The molecule has 0 saturated heterocycles. The number of fused-ring (bicyclic) bond motifs is 3. The van der Waals surface area contributed by atoms with Crippen molar-refractivity contribution in [3.05, 3.63) is 139 Å². The molecule has 3 aromatic carbocycles. The Morgan fingerprint density at radius 2 is 1.04 bits per heavy atom. The molecule has 6 aromatic rings. The van der Waals surface area contributed by atoms with Crippen LogP contribution in [0.15, 0.2) is 127 Å². The van der Waals surface area contributed by atoms with Crippen LogP contribution in [0, 0.1) is 12.1 Å². The molecule has 0 amide bonds. The monoisotopic (exact) mass is 807 g/mol. The summed E-state index contributed by atoms with van der Waals surface area (Å²) < 4.78 is 2.30. The van der Waals surface area contributed by atoms with Crippen molar-refractivity contribution in [3.8, 4) is 28.2 Å². The minimum absolute atomic E-state index is 0. The van der Waals surface area contributed by atoms with Crippen LogP contribution in [0.3, 0.4) is 0 Å². The number of nitrogens with zero attached hydrogens (tertiary/aromatic N) is 3. The number of benzene rings is 3. The van der Waals surface area contributed by atoms with Crippen LogP contribution in [0.1, 0.15) is 27.7 Å². The van der Waals surface area contributed by atoms with Crippen LogP contribution < -0.4 is 0 Å². The first-order chi connectivity index (χ1) is 21.6. The van der Waals surface area contributed by atoms with Gasteiger partial charge < -0.3 is 24.7 Å². The standard InChI is InChI=1S/C28H17N3.2C5H8O2.2Pd/c1-2-8-22(9-3-1)31-27-18-20(25-10-4-6-16-29-25)12-14-23(27)24-15-13-21(19-28(24)31)26-11-5-7-17-30-26;2*1-4(6)3-5(2)7;;/h1-11,14-19H;2*3,6H,1-2H3;;/q-2;;;;/b;2*4-3-;;. The van der Waals surface area contributed by atoms with Crippen LogP contribution in [0.2, 0.25) is 0 Å². The van der Waals surface area contributed by atoms with Crippen LogP contribution in [0.5, 0.6) is 0 Å². The summed E-state index contributed by atoms with van der Waals surface area (Å²) in [5.74, 6) is -0.125. The smallest absolute Gasteiger partial charge is 0.155 e. The quantitative estimate of drug-likeness (QED) is 0.0783. The van der Waals surface area contributed by atoms with E-state index in [-0.39, 0.29) is 63.9 Å². The van der Waals surface area contributed by atoms with Gasteiger partial charge in [0.1, 0.15) is 0 Å². The molecule has 0 atom stereocenters. The normalized spacial score (nSPS) is 10.8. The first-order valence-electron chi connectivity index (χ1n) is 14.2. The molecule has 3 aromatic heterocycles. The number of aromatic nitrogens is 3. The second kappa shape index (κ2) is 18.6. The van der Waals surface area contributed by atoms with E-state index in [9.17, 15) is 9.59 Å². The van der Waals surface area contributed by atoms with Gasteiger partial charge in [-0.3, -0.25) is 9.59 Å². The Morgan fingerprint density at radius 3 is 1.36 bits per heavy atom. The summed E-state index contributed by atoms with van der Waals surface area (Å²) in [5.41, 5.74) is 7.12. The van der Waals surface area contributed by atoms with Gasteiger partial charge in [-0.2, -0.15) is 0 Å². The Labute approximate surface area is 302 Å². The molecule has 3 heterocycles. The zero-order valence-electron chi connectivity index (χ0n) is 26.2. The first kappa shape index (κ1) is 38.7. The number of hydrogen-bond acceptors (Lipinski definition) is 6. The summed E-state index contributed by atoms with van der Waals surface area (Å²) in [6.07, 6.45) is 5.96. The number of rotatable bonds is 5. The van der Waals surface area contributed by atoms with Crippen molar-refractivity contribution in [2.75, 3.05) is 0 Å². The predicted octanol–water partition coefficient (Wildman–Crippen LogP) is 8.58. The molecule has 2 N–H and O–H groups in total. The van der Waals surface area contributed by atoms with Gasteiger partial charge in [0.15, 0.2) is 11.6 Å². The molecule has 0 unspecified atom stereocenters. The third kappa shape index (κ3) is 10.8. The van der Waals surface area contributed by atoms with Gasteiger partial charge in [-0.05, 0) is 74.4 Å². The number of para-hydroxylation sites is 1. The maximum Gasteiger partial charge on any atom is 0.155 e. The number of aliphatic hydroxyl groups excluding tert-OH is 2. The van der Waals surface area contributed by atoms with Gasteiger partial charge in [0.25, 0.3) is 0 Å². The van der Waals surface area contributed by atoms with Crippen LogP contribution in [0.25, 0.3) is 50.0 Å². The summed E-state index contributed by atoms with van der Waals surface area (Å²) in [5, 5.41) is 19.0. The van der Waals surface area contributed by atoms with Crippen molar-refractivity contribution in [3.63, 3.8) is 0 Å². The molecule has 7 nitrogen and oxygen atoms in total. The van der Waals surface area contributed by atoms with E-state index in [0.29, 0.717) is 0 Å². The number of ketones is 2. The van der Waals surface area contributed by atoms with Crippen molar-refractivity contribution in [1.29, 1.82) is 0 Å². The molecule has 0 spiro atoms. The maximum absolute atomic E-state index is 10.0. The molecule has 0 saturated carbocycles. The minimum atomic E-state index is -0.125. The number of allylic oxidation sites excluding steroid dienone is 4. The molecule has 6 rings (SSSR count). The Bertz CT molecular complexity index is 1860. The summed E-state index contributed by atoms with van der Waals surface area (Å²) in [4.78, 5) is 29.1. The van der Waals surface area contributed by atoms with Gasteiger partial charge in [0, 0.05) is 71.1 Å². The van der Waals surface area contributed by atoms with Crippen molar-refractivity contribution in [1.82, 2.24) is 14.5 Å². The third-order valence-electron chi connectivity index (χ3n) is 6.35. The van der Waals surface area contributed by atoms with E-state index in [4.69, 9.17) is 10.2 Å². The zero-order chi connectivity index (χ0) is 32.3. The number of aliphatic hydroxyl groups is 2. The molecular formula is C38H33N3O4Pd2-2. The molecule has 0 aliphatic rings. The maximum atomic E-state index is 10.0. The molecule has 0 aliphatic carbocycles. The van der Waals surface area contributed by atoms with E-state index in [0.717, 1.165) is 50.0 Å². The van der Waals surface area contributed by atoms with Crippen molar-refractivity contribution in [2.24, 2.45) is 0 Å². The summed E-state index contributed by atoms with van der Waals surface area (Å²) >= 11 is 0. The van der Waals surface area contributed by atoms with Gasteiger partial charge in [0.05, 0.1) is 11.5 Å². The molecule has 0 fully saturated rings. The molecular weight excluding hydrogens is 775 g/mol. The van der Waals surface area contributed by atoms with Crippen molar-refractivity contribution in [2.45, 2.75) is 27.7 Å². The summed E-state index contributed by atoms with van der Waals surface area (Å²) in [7, 11) is 0. The van der Waals surface area contributed by atoms with Gasteiger partial charge in [-0.15, -0.1) is 58.3 Å². The van der Waals surface area contributed by atoms with Crippen LogP contribution in [-0.4, -0.2) is 36.3 Å². The second-order valence-corrected chi connectivity index (χ2v) is 10.2. The fourth-order valence-corrected chi connectivity index (χ4v) is 4.67. The van der Waals surface area contributed by atoms with E-state index in [2.05, 4.69) is 75.2 Å². The molecule has 0 aliphatic heterocycles. The van der Waals surface area contributed by atoms with Crippen LogP contribution >= 0.6 is 0 Å². The molecule has 246 valence electrons. The average Bonchev–Trinajstić information content (AvgIpc) is 3.34.